The zero-order chi connectivity index (χ0) is 16.6. The Kier molecular flexibility index (Phi) is 3.93. The average Bonchev–Trinajstić information content (AvgIpc) is 2.90. The normalized spacial score (nSPS) is 14.5. The number of Topliss-reactive ketones (excluding diaryl/α,β-unsaturated/α-hetero) is 1. The van der Waals surface area contributed by atoms with Crippen LogP contribution >= 0.6 is 11.3 Å². The average molecular weight is 340 g/mol. The summed E-state index contributed by atoms with van der Waals surface area (Å²) in [6, 6.07) is 4.16. The molecule has 1 amide bonds. The summed E-state index contributed by atoms with van der Waals surface area (Å²) in [7, 11) is 0. The molecule has 0 radical (unpaired) electrons. The van der Waals surface area contributed by atoms with Gasteiger partial charge in [-0.2, -0.15) is 13.2 Å². The largest absolute Gasteiger partial charge is 0.416 e. The Morgan fingerprint density at radius 1 is 1.26 bits per heavy atom. The van der Waals surface area contributed by atoms with E-state index in [0.29, 0.717) is 23.4 Å². The molecular weight excluding hydrogens is 329 g/mol. The molecule has 0 fully saturated rings. The molecule has 0 saturated heterocycles. The highest BCUT2D eigenvalue weighted by atomic mass is 32.1. The number of ketones is 1. The van der Waals surface area contributed by atoms with Crippen molar-refractivity contribution in [1.82, 2.24) is 4.98 Å². The zero-order valence-electron chi connectivity index (χ0n) is 11.7. The van der Waals surface area contributed by atoms with E-state index >= 15 is 0 Å². The number of hydrogen-bond donors (Lipinski definition) is 1. The number of rotatable bonds is 2. The second-order valence-corrected chi connectivity index (χ2v) is 6.10. The van der Waals surface area contributed by atoms with Crippen LogP contribution < -0.4 is 5.32 Å². The number of halogens is 3. The number of anilines is 1. The van der Waals surface area contributed by atoms with Crippen molar-refractivity contribution >= 4 is 28.2 Å². The Hall–Kier alpha value is -2.22. The molecule has 1 heterocycles. The maximum atomic E-state index is 12.7. The molecule has 1 N–H and O–H groups in total. The first-order valence-electron chi connectivity index (χ1n) is 6.86. The minimum atomic E-state index is -4.51. The lowest BCUT2D eigenvalue weighted by atomic mass is 10.0. The third-order valence-electron chi connectivity index (χ3n) is 3.44. The predicted octanol–water partition coefficient (Wildman–Crippen LogP) is 3.93. The Morgan fingerprint density at radius 3 is 2.74 bits per heavy atom. The van der Waals surface area contributed by atoms with E-state index in [1.54, 1.807) is 0 Å². The molecule has 0 saturated carbocycles. The van der Waals surface area contributed by atoms with Crippen LogP contribution in [0, 0.1) is 0 Å². The monoisotopic (exact) mass is 340 g/mol. The Balaban J connectivity index is 1.81. The summed E-state index contributed by atoms with van der Waals surface area (Å²) >= 11 is 1.06. The SMILES string of the molecule is O=C(Nc1nc2c(s1)C(=O)CCC2)c1cccc(C(F)(F)F)c1. The van der Waals surface area contributed by atoms with Gasteiger partial charge >= 0.3 is 6.18 Å². The van der Waals surface area contributed by atoms with Crippen LogP contribution in [0.2, 0.25) is 0 Å². The lowest BCUT2D eigenvalue weighted by Gasteiger charge is -2.08. The molecule has 0 spiro atoms. The second-order valence-electron chi connectivity index (χ2n) is 5.10. The predicted molar refractivity (Wildman–Crippen MR) is 78.8 cm³/mol. The smallest absolute Gasteiger partial charge is 0.298 e. The van der Waals surface area contributed by atoms with Crippen molar-refractivity contribution in [3.8, 4) is 0 Å². The van der Waals surface area contributed by atoms with Crippen LogP contribution in [-0.4, -0.2) is 16.7 Å². The van der Waals surface area contributed by atoms with Crippen LogP contribution in [0.3, 0.4) is 0 Å². The molecule has 3 rings (SSSR count). The lowest BCUT2D eigenvalue weighted by Crippen LogP contribution is -2.13. The van der Waals surface area contributed by atoms with Gasteiger partial charge in [0.15, 0.2) is 10.9 Å². The number of alkyl halides is 3. The number of aryl methyl sites for hydroxylation is 1. The molecule has 0 atom stereocenters. The van der Waals surface area contributed by atoms with Crippen molar-refractivity contribution in [2.75, 3.05) is 5.32 Å². The standard InChI is InChI=1S/C15H11F3N2O2S/c16-15(17,18)9-4-1-3-8(7-9)13(22)20-14-19-10-5-2-6-11(21)12(10)23-14/h1,3-4,7H,2,5-6H2,(H,19,20,22). The van der Waals surface area contributed by atoms with Crippen molar-refractivity contribution in [2.24, 2.45) is 0 Å². The molecule has 1 aromatic carbocycles. The number of amides is 1. The highest BCUT2D eigenvalue weighted by Gasteiger charge is 2.31. The summed E-state index contributed by atoms with van der Waals surface area (Å²) in [5.74, 6) is -0.696. The number of carbonyl (C=O) groups is 2. The topological polar surface area (TPSA) is 59.1 Å². The van der Waals surface area contributed by atoms with Crippen molar-refractivity contribution in [3.63, 3.8) is 0 Å². The molecule has 0 unspecified atom stereocenters. The van der Waals surface area contributed by atoms with Gasteiger partial charge in [0.2, 0.25) is 0 Å². The number of hydrogen-bond acceptors (Lipinski definition) is 4. The number of nitrogens with one attached hydrogen (secondary N) is 1. The van der Waals surface area contributed by atoms with E-state index in [1.165, 1.54) is 12.1 Å². The molecule has 4 nitrogen and oxygen atoms in total. The molecule has 1 aliphatic rings. The Morgan fingerprint density at radius 2 is 2.04 bits per heavy atom. The molecular formula is C15H11F3N2O2S. The minimum Gasteiger partial charge on any atom is -0.298 e. The van der Waals surface area contributed by atoms with Crippen LogP contribution in [0.4, 0.5) is 18.3 Å². The summed E-state index contributed by atoms with van der Waals surface area (Å²) in [5, 5.41) is 2.69. The minimum absolute atomic E-state index is 0.0108. The highest BCUT2D eigenvalue weighted by molar-refractivity contribution is 7.17. The van der Waals surface area contributed by atoms with Crippen LogP contribution in [-0.2, 0) is 12.6 Å². The van der Waals surface area contributed by atoms with Crippen molar-refractivity contribution in [2.45, 2.75) is 25.4 Å². The molecule has 0 aliphatic heterocycles. The van der Waals surface area contributed by atoms with Gasteiger partial charge in [0.1, 0.15) is 0 Å². The number of thiazole rings is 1. The summed E-state index contributed by atoms with van der Waals surface area (Å²) in [5.41, 5.74) is -0.358. The number of aromatic nitrogens is 1. The summed E-state index contributed by atoms with van der Waals surface area (Å²) in [4.78, 5) is 28.5. The molecule has 1 aromatic heterocycles. The fourth-order valence-corrected chi connectivity index (χ4v) is 3.30. The molecule has 2 aromatic rings. The second kappa shape index (κ2) is 5.77. The first-order valence-corrected chi connectivity index (χ1v) is 7.68. The third-order valence-corrected chi connectivity index (χ3v) is 4.49. The van der Waals surface area contributed by atoms with Crippen molar-refractivity contribution < 1.29 is 22.8 Å². The maximum absolute atomic E-state index is 12.7. The fourth-order valence-electron chi connectivity index (χ4n) is 2.33. The summed E-state index contributed by atoms with van der Waals surface area (Å²) in [6.45, 7) is 0. The Bertz CT molecular complexity index is 783. The van der Waals surface area contributed by atoms with E-state index in [4.69, 9.17) is 0 Å². The van der Waals surface area contributed by atoms with E-state index in [2.05, 4.69) is 10.3 Å². The fraction of sp³-hybridized carbons (Fsp3) is 0.267. The van der Waals surface area contributed by atoms with Gasteiger partial charge in [0.25, 0.3) is 5.91 Å². The van der Waals surface area contributed by atoms with Crippen LogP contribution in [0.25, 0.3) is 0 Å². The van der Waals surface area contributed by atoms with E-state index in [0.717, 1.165) is 29.9 Å². The highest BCUT2D eigenvalue weighted by Crippen LogP contribution is 2.31. The van der Waals surface area contributed by atoms with E-state index in [9.17, 15) is 22.8 Å². The van der Waals surface area contributed by atoms with Crippen molar-refractivity contribution in [3.05, 3.63) is 46.0 Å². The van der Waals surface area contributed by atoms with Gasteiger partial charge in [-0.3, -0.25) is 14.9 Å². The summed E-state index contributed by atoms with van der Waals surface area (Å²) in [6.07, 6.45) is -2.67. The van der Waals surface area contributed by atoms with Gasteiger partial charge in [0.05, 0.1) is 16.1 Å². The summed E-state index contributed by atoms with van der Waals surface area (Å²) < 4.78 is 38.0. The van der Waals surface area contributed by atoms with Crippen LogP contribution in [0.1, 0.15) is 44.1 Å². The number of carbonyl (C=O) groups excluding carboxylic acids is 2. The maximum Gasteiger partial charge on any atom is 0.416 e. The molecule has 23 heavy (non-hydrogen) atoms. The van der Waals surface area contributed by atoms with Crippen molar-refractivity contribution in [1.29, 1.82) is 0 Å². The molecule has 1 aliphatic carbocycles. The van der Waals surface area contributed by atoms with Gasteiger partial charge < -0.3 is 0 Å². The number of fused-ring (bicyclic) bond motifs is 1. The van der Waals surface area contributed by atoms with Crippen LogP contribution in [0.5, 0.6) is 0 Å². The van der Waals surface area contributed by atoms with Gasteiger partial charge in [-0.05, 0) is 31.0 Å². The third kappa shape index (κ3) is 3.26. The Labute approximate surface area is 133 Å². The van der Waals surface area contributed by atoms with Gasteiger partial charge in [-0.1, -0.05) is 17.4 Å². The number of nitrogens with zero attached hydrogens (tertiary/aromatic N) is 1. The van der Waals surface area contributed by atoms with Crippen LogP contribution in [0.15, 0.2) is 24.3 Å². The lowest BCUT2D eigenvalue weighted by molar-refractivity contribution is -0.137. The molecule has 120 valence electrons. The van der Waals surface area contributed by atoms with E-state index < -0.39 is 17.6 Å². The first kappa shape index (κ1) is 15.7. The first-order chi connectivity index (χ1) is 10.8. The molecule has 0 bridgehead atoms. The van der Waals surface area contributed by atoms with E-state index in [1.807, 2.05) is 0 Å². The zero-order valence-corrected chi connectivity index (χ0v) is 12.6. The number of benzene rings is 1. The van der Waals surface area contributed by atoms with E-state index in [-0.39, 0.29) is 16.5 Å². The van der Waals surface area contributed by atoms with Gasteiger partial charge in [0, 0.05) is 12.0 Å². The quantitative estimate of drug-likeness (QED) is 0.901. The molecule has 8 heteroatoms. The van der Waals surface area contributed by atoms with Gasteiger partial charge in [-0.25, -0.2) is 4.98 Å². The van der Waals surface area contributed by atoms with Gasteiger partial charge in [-0.15, -0.1) is 0 Å².